The highest BCUT2D eigenvalue weighted by Gasteiger charge is 2.23. The van der Waals surface area contributed by atoms with Crippen LogP contribution in [0, 0.1) is 5.82 Å². The summed E-state index contributed by atoms with van der Waals surface area (Å²) in [6.07, 6.45) is 4.68. The number of fused-ring (bicyclic) bond motifs is 1. The Morgan fingerprint density at radius 2 is 1.89 bits per heavy atom. The number of aryl methyl sites for hydroxylation is 1. The molecule has 36 heavy (non-hydrogen) atoms. The Hall–Kier alpha value is -3.80. The van der Waals surface area contributed by atoms with Crippen molar-refractivity contribution in [3.63, 3.8) is 0 Å². The van der Waals surface area contributed by atoms with E-state index in [1.54, 1.807) is 18.4 Å². The molecule has 4 heterocycles. The van der Waals surface area contributed by atoms with Gasteiger partial charge >= 0.3 is 5.69 Å². The third-order valence-corrected chi connectivity index (χ3v) is 7.40. The van der Waals surface area contributed by atoms with Crippen molar-refractivity contribution in [3.8, 4) is 11.3 Å². The van der Waals surface area contributed by atoms with Gasteiger partial charge in [0.1, 0.15) is 11.9 Å². The minimum atomic E-state index is -0.797. The number of rotatable bonds is 5. The second kappa shape index (κ2) is 9.34. The van der Waals surface area contributed by atoms with E-state index >= 15 is 0 Å². The van der Waals surface area contributed by atoms with Gasteiger partial charge in [-0.2, -0.15) is 0 Å². The van der Waals surface area contributed by atoms with Crippen molar-refractivity contribution in [2.45, 2.75) is 32.2 Å². The average molecular weight is 512 g/mol. The van der Waals surface area contributed by atoms with Gasteiger partial charge in [0.2, 0.25) is 5.91 Å². The number of anilines is 2. The number of piperidine rings is 1. The molecule has 0 bridgehead atoms. The predicted octanol–water partition coefficient (Wildman–Crippen LogP) is 2.89. The van der Waals surface area contributed by atoms with Crippen LogP contribution < -0.4 is 21.5 Å². The van der Waals surface area contributed by atoms with Crippen LogP contribution in [0.4, 0.5) is 15.2 Å². The van der Waals surface area contributed by atoms with E-state index in [0.29, 0.717) is 22.1 Å². The Morgan fingerprint density at radius 1 is 1.14 bits per heavy atom. The van der Waals surface area contributed by atoms with Crippen molar-refractivity contribution in [1.82, 2.24) is 23.7 Å². The molecule has 1 aromatic carbocycles. The largest absolute Gasteiger partial charge is 0.369 e. The maximum atomic E-state index is 14.8. The van der Waals surface area contributed by atoms with E-state index in [9.17, 15) is 18.8 Å². The summed E-state index contributed by atoms with van der Waals surface area (Å²) in [5.74, 6) is -0.692. The van der Waals surface area contributed by atoms with Gasteiger partial charge in [0.25, 0.3) is 5.56 Å². The summed E-state index contributed by atoms with van der Waals surface area (Å²) in [5, 5.41) is 4.87. The second-order valence-corrected chi connectivity index (χ2v) is 9.80. The molecule has 3 aromatic heterocycles. The average Bonchev–Trinajstić information content (AvgIpc) is 3.54. The fraction of sp³-hybridized carbons (Fsp3) is 0.375. The Balaban J connectivity index is 1.35. The first-order valence-electron chi connectivity index (χ1n) is 11.7. The normalized spacial score (nSPS) is 14.8. The summed E-state index contributed by atoms with van der Waals surface area (Å²) in [6, 6.07) is 4.31. The van der Waals surface area contributed by atoms with Gasteiger partial charge in [-0.15, -0.1) is 11.3 Å². The minimum Gasteiger partial charge on any atom is -0.369 e. The first-order valence-corrected chi connectivity index (χ1v) is 12.6. The number of nitrogens with one attached hydrogen (secondary N) is 1. The molecular formula is C24H26FN7O3S. The molecule has 0 spiro atoms. The monoisotopic (exact) mass is 511 g/mol. The van der Waals surface area contributed by atoms with Crippen LogP contribution in [0.1, 0.15) is 32.2 Å². The first-order chi connectivity index (χ1) is 17.3. The zero-order chi connectivity index (χ0) is 25.6. The number of imidazole rings is 1. The van der Waals surface area contributed by atoms with Crippen molar-refractivity contribution in [2.24, 2.45) is 14.1 Å². The molecule has 1 amide bonds. The van der Waals surface area contributed by atoms with Gasteiger partial charge in [0.05, 0.1) is 17.7 Å². The molecule has 0 saturated carbocycles. The van der Waals surface area contributed by atoms with Crippen molar-refractivity contribution in [2.75, 3.05) is 23.3 Å². The summed E-state index contributed by atoms with van der Waals surface area (Å²) in [7, 11) is 2.90. The Labute approximate surface area is 209 Å². The van der Waals surface area contributed by atoms with Crippen molar-refractivity contribution in [1.29, 1.82) is 0 Å². The van der Waals surface area contributed by atoms with Crippen LogP contribution in [0.25, 0.3) is 22.4 Å². The third kappa shape index (κ3) is 4.11. The van der Waals surface area contributed by atoms with E-state index in [1.807, 2.05) is 6.07 Å². The highest BCUT2D eigenvalue weighted by Crippen LogP contribution is 2.30. The summed E-state index contributed by atoms with van der Waals surface area (Å²) in [4.78, 5) is 48.5. The fourth-order valence-electron chi connectivity index (χ4n) is 4.52. The molecule has 5 rings (SSSR count). The van der Waals surface area contributed by atoms with Gasteiger partial charge < -0.3 is 14.8 Å². The topological polar surface area (TPSA) is 107 Å². The third-order valence-electron chi connectivity index (χ3n) is 6.64. The smallest absolute Gasteiger partial charge is 0.332 e. The molecule has 4 aromatic rings. The van der Waals surface area contributed by atoms with E-state index in [2.05, 4.69) is 20.2 Å². The zero-order valence-corrected chi connectivity index (χ0v) is 21.0. The van der Waals surface area contributed by atoms with E-state index in [0.717, 1.165) is 30.5 Å². The molecule has 1 atom stereocenters. The number of hydrogen-bond donors (Lipinski definition) is 1. The lowest BCUT2D eigenvalue weighted by Crippen LogP contribution is -2.38. The van der Waals surface area contributed by atoms with Gasteiger partial charge in [-0.05, 0) is 38.3 Å². The maximum absolute atomic E-state index is 14.8. The summed E-state index contributed by atoms with van der Waals surface area (Å²) in [5.41, 5.74) is 1.13. The first kappa shape index (κ1) is 23.9. The quantitative estimate of drug-likeness (QED) is 0.442. The number of hydrogen-bond acceptors (Lipinski definition) is 7. The molecule has 0 aliphatic carbocycles. The highest BCUT2D eigenvalue weighted by molar-refractivity contribution is 7.14. The second-order valence-electron chi connectivity index (χ2n) is 8.95. The number of amides is 1. The lowest BCUT2D eigenvalue weighted by molar-refractivity contribution is -0.118. The molecule has 1 aliphatic rings. The molecule has 1 fully saturated rings. The summed E-state index contributed by atoms with van der Waals surface area (Å²) < 4.78 is 18.5. The minimum absolute atomic E-state index is 0.159. The van der Waals surface area contributed by atoms with E-state index in [1.165, 1.54) is 53.4 Å². The number of carbonyl (C=O) groups excluding carboxylic acids is 1. The molecule has 10 nitrogen and oxygen atoms in total. The Bertz CT molecular complexity index is 1580. The van der Waals surface area contributed by atoms with E-state index < -0.39 is 23.2 Å². The molecule has 1 unspecified atom stereocenters. The van der Waals surface area contributed by atoms with Crippen LogP contribution >= 0.6 is 11.3 Å². The molecule has 1 N–H and O–H groups in total. The lowest BCUT2D eigenvalue weighted by Gasteiger charge is -2.29. The zero-order valence-electron chi connectivity index (χ0n) is 20.2. The summed E-state index contributed by atoms with van der Waals surface area (Å²) >= 11 is 1.23. The summed E-state index contributed by atoms with van der Waals surface area (Å²) in [6.45, 7) is 3.34. The molecule has 0 radical (unpaired) electrons. The number of thiazole rings is 1. The molecule has 1 saturated heterocycles. The molecule has 1 aliphatic heterocycles. The van der Waals surface area contributed by atoms with Gasteiger partial charge in [-0.3, -0.25) is 18.7 Å². The molecule has 12 heteroatoms. The molecular weight excluding hydrogens is 485 g/mol. The van der Waals surface area contributed by atoms with E-state index in [4.69, 9.17) is 0 Å². The van der Waals surface area contributed by atoms with Crippen molar-refractivity contribution < 1.29 is 9.18 Å². The number of aromatic nitrogens is 5. The number of halogens is 1. The van der Waals surface area contributed by atoms with Gasteiger partial charge in [-0.1, -0.05) is 6.07 Å². The number of nitrogens with zero attached hydrogens (tertiary/aromatic N) is 6. The van der Waals surface area contributed by atoms with E-state index in [-0.39, 0.29) is 17.0 Å². The van der Waals surface area contributed by atoms with Crippen LogP contribution in [0.3, 0.4) is 0 Å². The van der Waals surface area contributed by atoms with Gasteiger partial charge in [-0.25, -0.2) is 19.2 Å². The SMILES string of the molecule is CC(C(=O)Nc1nc(-c2ccc(N3CCCCC3)c(F)c2)cs1)n1cnc2c1c(=O)n(C)c(=O)n2C. The fourth-order valence-corrected chi connectivity index (χ4v) is 5.24. The predicted molar refractivity (Wildman–Crippen MR) is 137 cm³/mol. The lowest BCUT2D eigenvalue weighted by atomic mass is 10.1. The van der Waals surface area contributed by atoms with Crippen LogP contribution in [-0.4, -0.2) is 42.7 Å². The number of benzene rings is 1. The Kier molecular flexibility index (Phi) is 6.20. The van der Waals surface area contributed by atoms with Gasteiger partial charge in [0.15, 0.2) is 16.3 Å². The highest BCUT2D eigenvalue weighted by atomic mass is 32.1. The number of carbonyl (C=O) groups is 1. The van der Waals surface area contributed by atoms with Gasteiger partial charge in [0, 0.05) is 38.1 Å². The van der Waals surface area contributed by atoms with Crippen LogP contribution in [0.15, 0.2) is 39.5 Å². The van der Waals surface area contributed by atoms with Crippen LogP contribution in [-0.2, 0) is 18.9 Å². The van der Waals surface area contributed by atoms with Crippen LogP contribution in [0.5, 0.6) is 0 Å². The maximum Gasteiger partial charge on any atom is 0.332 e. The molecule has 188 valence electrons. The standard InChI is InChI=1S/C24H26FN7O3S/c1-14(32-13-26-20-19(32)22(34)30(3)24(35)29(20)2)21(33)28-23-27-17(12-36-23)15-7-8-18(16(25)11-15)31-9-5-4-6-10-31/h7-8,11-14H,4-6,9-10H2,1-3H3,(H,27,28,33). The van der Waals surface area contributed by atoms with Crippen molar-refractivity contribution in [3.05, 3.63) is 56.6 Å². The van der Waals surface area contributed by atoms with Crippen LogP contribution in [0.2, 0.25) is 0 Å². The Morgan fingerprint density at radius 3 is 2.61 bits per heavy atom. The van der Waals surface area contributed by atoms with Crippen molar-refractivity contribution >= 4 is 39.2 Å².